The molecule has 0 unspecified atom stereocenters. The zero-order chi connectivity index (χ0) is 18.0. The fourth-order valence-corrected chi connectivity index (χ4v) is 3.02. The Morgan fingerprint density at radius 3 is 2.26 bits per heavy atom. The number of carbonyl (C=O) groups is 1. The quantitative estimate of drug-likeness (QED) is 0.758. The number of hydrogen-bond acceptors (Lipinski definition) is 3. The Bertz CT molecular complexity index is 536. The van der Waals surface area contributed by atoms with Crippen molar-refractivity contribution in [2.75, 3.05) is 0 Å². The van der Waals surface area contributed by atoms with Gasteiger partial charge < -0.3 is 10.4 Å². The van der Waals surface area contributed by atoms with Gasteiger partial charge in [0.25, 0.3) is 0 Å². The maximum absolute atomic E-state index is 12.9. The third kappa shape index (κ3) is 6.60. The van der Waals surface area contributed by atoms with Crippen LogP contribution in [0.4, 0.5) is 22.0 Å². The SMILES string of the molecule is Cc1cc(CN[C@@H]2C[C@H]2C(C)(F)F)sc1Cl.O=C(O)C(F)(F)F. The van der Waals surface area contributed by atoms with Gasteiger partial charge in [0.2, 0.25) is 5.92 Å². The first-order chi connectivity index (χ1) is 10.3. The molecule has 0 bridgehead atoms. The molecule has 0 aliphatic heterocycles. The van der Waals surface area contributed by atoms with Crippen LogP contribution in [0.25, 0.3) is 0 Å². The average molecular weight is 380 g/mol. The zero-order valence-electron chi connectivity index (χ0n) is 12.2. The molecule has 0 aromatic carbocycles. The van der Waals surface area contributed by atoms with Gasteiger partial charge in [-0.15, -0.1) is 11.3 Å². The lowest BCUT2D eigenvalue weighted by Gasteiger charge is -2.09. The van der Waals surface area contributed by atoms with Crippen LogP contribution < -0.4 is 5.32 Å². The van der Waals surface area contributed by atoms with Crippen molar-refractivity contribution in [3.05, 3.63) is 20.8 Å². The van der Waals surface area contributed by atoms with Crippen molar-refractivity contribution in [2.45, 2.75) is 45.0 Å². The van der Waals surface area contributed by atoms with Gasteiger partial charge in [-0.1, -0.05) is 11.6 Å². The van der Waals surface area contributed by atoms with Gasteiger partial charge in [0.05, 0.1) is 4.34 Å². The van der Waals surface area contributed by atoms with Crippen LogP contribution in [0.1, 0.15) is 23.8 Å². The van der Waals surface area contributed by atoms with Gasteiger partial charge in [0.1, 0.15) is 0 Å². The number of rotatable bonds is 4. The van der Waals surface area contributed by atoms with E-state index in [1.54, 1.807) is 0 Å². The third-order valence-corrected chi connectivity index (χ3v) is 4.69. The summed E-state index contributed by atoms with van der Waals surface area (Å²) in [5.41, 5.74) is 1.05. The first-order valence-corrected chi connectivity index (χ1v) is 7.68. The molecule has 1 aliphatic carbocycles. The minimum Gasteiger partial charge on any atom is -0.475 e. The Morgan fingerprint density at radius 2 is 1.96 bits per heavy atom. The molecule has 1 heterocycles. The van der Waals surface area contributed by atoms with Crippen molar-refractivity contribution < 1.29 is 31.9 Å². The summed E-state index contributed by atoms with van der Waals surface area (Å²) in [5.74, 6) is -5.81. The van der Waals surface area contributed by atoms with Crippen molar-refractivity contribution >= 4 is 28.9 Å². The molecule has 2 atom stereocenters. The van der Waals surface area contributed by atoms with Crippen LogP contribution in [0, 0.1) is 12.8 Å². The van der Waals surface area contributed by atoms with Gasteiger partial charge >= 0.3 is 12.1 Å². The van der Waals surface area contributed by atoms with Crippen molar-refractivity contribution in [1.82, 2.24) is 5.32 Å². The van der Waals surface area contributed by atoms with E-state index in [2.05, 4.69) is 5.32 Å². The van der Waals surface area contributed by atoms with Crippen molar-refractivity contribution in [3.63, 3.8) is 0 Å². The molecular weight excluding hydrogens is 365 g/mol. The molecule has 23 heavy (non-hydrogen) atoms. The molecule has 2 N–H and O–H groups in total. The van der Waals surface area contributed by atoms with E-state index < -0.39 is 24.0 Å². The molecule has 132 valence electrons. The van der Waals surface area contributed by atoms with Gasteiger partial charge in [-0.05, 0) is 31.9 Å². The summed E-state index contributed by atoms with van der Waals surface area (Å²) in [4.78, 5) is 10.0. The lowest BCUT2D eigenvalue weighted by Crippen LogP contribution is -2.24. The molecule has 2 rings (SSSR count). The van der Waals surface area contributed by atoms with Gasteiger partial charge in [0.15, 0.2) is 0 Å². The average Bonchev–Trinajstić information content (AvgIpc) is 3.08. The summed E-state index contributed by atoms with van der Waals surface area (Å²) in [5, 5.41) is 10.3. The van der Waals surface area contributed by atoms with Gasteiger partial charge in [-0.2, -0.15) is 13.2 Å². The predicted molar refractivity (Wildman–Crippen MR) is 77.1 cm³/mol. The molecule has 0 saturated heterocycles. The molecule has 1 aromatic heterocycles. The fraction of sp³-hybridized carbons (Fsp3) is 0.615. The number of nitrogens with one attached hydrogen (secondary N) is 1. The van der Waals surface area contributed by atoms with Crippen molar-refractivity contribution in [1.29, 1.82) is 0 Å². The second-order valence-electron chi connectivity index (χ2n) is 5.26. The fourth-order valence-electron chi connectivity index (χ4n) is 1.82. The van der Waals surface area contributed by atoms with Crippen LogP contribution in [0.2, 0.25) is 4.34 Å². The molecule has 10 heteroatoms. The smallest absolute Gasteiger partial charge is 0.475 e. The molecule has 0 amide bonds. The highest BCUT2D eigenvalue weighted by Crippen LogP contribution is 2.43. The van der Waals surface area contributed by atoms with E-state index in [4.69, 9.17) is 21.5 Å². The van der Waals surface area contributed by atoms with Crippen LogP contribution >= 0.6 is 22.9 Å². The lowest BCUT2D eigenvalue weighted by atomic mass is 10.2. The van der Waals surface area contributed by atoms with E-state index in [1.165, 1.54) is 11.3 Å². The highest BCUT2D eigenvalue weighted by atomic mass is 35.5. The maximum Gasteiger partial charge on any atom is 0.490 e. The summed E-state index contributed by atoms with van der Waals surface area (Å²) in [6.45, 7) is 3.57. The minimum atomic E-state index is -5.08. The molecule has 1 aromatic rings. The summed E-state index contributed by atoms with van der Waals surface area (Å²) >= 11 is 7.44. The predicted octanol–water partition coefficient (Wildman–Crippen LogP) is 4.48. The molecule has 1 saturated carbocycles. The summed E-state index contributed by atoms with van der Waals surface area (Å²) in [6, 6.07) is 1.96. The number of alkyl halides is 5. The Morgan fingerprint density at radius 1 is 1.43 bits per heavy atom. The number of aliphatic carboxylic acids is 1. The Hall–Kier alpha value is -0.930. The van der Waals surface area contributed by atoms with Crippen LogP contribution in [-0.2, 0) is 11.3 Å². The number of thiophene rings is 1. The number of hydrogen-bond donors (Lipinski definition) is 2. The van der Waals surface area contributed by atoms with E-state index in [-0.39, 0.29) is 6.04 Å². The molecule has 0 spiro atoms. The molecule has 1 fully saturated rings. The summed E-state index contributed by atoms with van der Waals surface area (Å²) in [7, 11) is 0. The molecule has 0 radical (unpaired) electrons. The molecular formula is C13H15ClF5NO2S. The normalized spacial score (nSPS) is 20.7. The van der Waals surface area contributed by atoms with E-state index in [0.717, 1.165) is 21.7 Å². The van der Waals surface area contributed by atoms with Crippen LogP contribution in [0.15, 0.2) is 6.07 Å². The van der Waals surface area contributed by atoms with Gasteiger partial charge in [-0.25, -0.2) is 13.6 Å². The van der Waals surface area contributed by atoms with E-state index >= 15 is 0 Å². The van der Waals surface area contributed by atoms with Gasteiger partial charge in [-0.3, -0.25) is 0 Å². The second-order valence-corrected chi connectivity index (χ2v) is 7.00. The first-order valence-electron chi connectivity index (χ1n) is 6.48. The van der Waals surface area contributed by atoms with Crippen molar-refractivity contribution in [2.24, 2.45) is 5.92 Å². The molecule has 1 aliphatic rings. The number of carboxylic acid groups (broad SMARTS) is 1. The molecule has 3 nitrogen and oxygen atoms in total. The second kappa shape index (κ2) is 7.31. The van der Waals surface area contributed by atoms with E-state index in [0.29, 0.717) is 13.0 Å². The van der Waals surface area contributed by atoms with E-state index in [9.17, 15) is 22.0 Å². The maximum atomic E-state index is 12.9. The zero-order valence-corrected chi connectivity index (χ0v) is 13.8. The highest BCUT2D eigenvalue weighted by molar-refractivity contribution is 7.16. The van der Waals surface area contributed by atoms with Gasteiger partial charge in [0, 0.05) is 23.4 Å². The minimum absolute atomic E-state index is 0.0406. The number of halogens is 6. The highest BCUT2D eigenvalue weighted by Gasteiger charge is 2.51. The third-order valence-electron chi connectivity index (χ3n) is 3.13. The van der Waals surface area contributed by atoms with Crippen LogP contribution in [-0.4, -0.2) is 29.2 Å². The Kier molecular flexibility index (Phi) is 6.39. The Balaban J connectivity index is 0.000000322. The monoisotopic (exact) mass is 379 g/mol. The lowest BCUT2D eigenvalue weighted by molar-refractivity contribution is -0.192. The van der Waals surface area contributed by atoms with Crippen LogP contribution in [0.3, 0.4) is 0 Å². The van der Waals surface area contributed by atoms with Crippen LogP contribution in [0.5, 0.6) is 0 Å². The van der Waals surface area contributed by atoms with E-state index in [1.807, 2.05) is 13.0 Å². The van der Waals surface area contributed by atoms with Crippen molar-refractivity contribution in [3.8, 4) is 0 Å². The largest absolute Gasteiger partial charge is 0.490 e. The number of aryl methyl sites for hydroxylation is 1. The summed E-state index contributed by atoms with van der Waals surface area (Å²) < 4.78 is 58.3. The topological polar surface area (TPSA) is 49.3 Å². The standard InChI is InChI=1S/C11H14ClF2NS.C2HF3O2/c1-6-3-7(16-10(6)12)5-15-9-4-8(9)11(2,13)14;3-2(4,5)1(6)7/h3,8-9,15H,4-5H2,1-2H3;(H,6,7)/t8-,9-;/m1./s1. The Labute approximate surface area is 138 Å². The first kappa shape index (κ1) is 20.1. The number of carboxylic acids is 1. The summed E-state index contributed by atoms with van der Waals surface area (Å²) in [6.07, 6.45) is -4.51.